The summed E-state index contributed by atoms with van der Waals surface area (Å²) in [6.07, 6.45) is 8.36. The molecule has 1 saturated heterocycles. The van der Waals surface area contributed by atoms with Crippen LogP contribution in [-0.2, 0) is 0 Å². The normalized spacial score (nSPS) is 16.3. The summed E-state index contributed by atoms with van der Waals surface area (Å²) in [5, 5.41) is 7.52. The van der Waals surface area contributed by atoms with Crippen molar-refractivity contribution >= 4 is 23.4 Å². The third kappa shape index (κ3) is 4.36. The first-order valence-electron chi connectivity index (χ1n) is 9.89. The lowest BCUT2D eigenvalue weighted by Crippen LogP contribution is -2.44. The van der Waals surface area contributed by atoms with Crippen LogP contribution in [0.5, 0.6) is 0 Å². The molecule has 0 saturated carbocycles. The number of amides is 2. The van der Waals surface area contributed by atoms with Crippen molar-refractivity contribution < 1.29 is 9.59 Å². The van der Waals surface area contributed by atoms with E-state index >= 15 is 0 Å². The summed E-state index contributed by atoms with van der Waals surface area (Å²) < 4.78 is 1.70. The van der Waals surface area contributed by atoms with Gasteiger partial charge >= 0.3 is 0 Å². The van der Waals surface area contributed by atoms with Crippen LogP contribution >= 0.6 is 11.6 Å². The van der Waals surface area contributed by atoms with E-state index in [1.165, 1.54) is 6.20 Å². The maximum Gasteiger partial charge on any atom is 0.256 e. The van der Waals surface area contributed by atoms with E-state index in [2.05, 4.69) is 15.4 Å². The maximum atomic E-state index is 13.2. The molecule has 0 radical (unpaired) electrons. The van der Waals surface area contributed by atoms with Crippen LogP contribution in [0.25, 0.3) is 5.69 Å². The van der Waals surface area contributed by atoms with Crippen molar-refractivity contribution in [1.29, 1.82) is 0 Å². The average Bonchev–Trinajstić information content (AvgIpc) is 3.32. The number of nitrogens with zero attached hydrogens (tertiary/aromatic N) is 4. The second kappa shape index (κ2) is 9.09. The maximum absolute atomic E-state index is 13.2. The number of aromatic nitrogens is 3. The number of halogens is 1. The zero-order valence-electron chi connectivity index (χ0n) is 16.4. The summed E-state index contributed by atoms with van der Waals surface area (Å²) in [4.78, 5) is 31.4. The first kappa shape index (κ1) is 20.1. The first-order chi connectivity index (χ1) is 14.6. The molecule has 3 aromatic rings. The second-order valence-electron chi connectivity index (χ2n) is 7.29. The molecule has 1 aromatic carbocycles. The molecule has 0 aliphatic carbocycles. The van der Waals surface area contributed by atoms with Crippen LogP contribution in [0.1, 0.15) is 33.6 Å². The van der Waals surface area contributed by atoms with E-state index < -0.39 is 0 Å². The predicted molar refractivity (Wildman–Crippen MR) is 114 cm³/mol. The molecule has 1 fully saturated rings. The highest BCUT2D eigenvalue weighted by Gasteiger charge is 2.26. The molecule has 0 bridgehead atoms. The number of nitrogens with one attached hydrogen (secondary N) is 1. The second-order valence-corrected chi connectivity index (χ2v) is 7.70. The van der Waals surface area contributed by atoms with Gasteiger partial charge in [-0.1, -0.05) is 23.7 Å². The molecule has 1 atom stereocenters. The summed E-state index contributed by atoms with van der Waals surface area (Å²) in [6.45, 7) is 1.78. The van der Waals surface area contributed by atoms with Crippen molar-refractivity contribution in [1.82, 2.24) is 25.0 Å². The molecule has 1 N–H and O–H groups in total. The van der Waals surface area contributed by atoms with Gasteiger partial charge in [-0.2, -0.15) is 5.10 Å². The minimum atomic E-state index is -0.227. The molecule has 1 aliphatic rings. The highest BCUT2D eigenvalue weighted by Crippen LogP contribution is 2.22. The Morgan fingerprint density at radius 2 is 2.00 bits per heavy atom. The molecule has 4 rings (SSSR count). The monoisotopic (exact) mass is 423 g/mol. The van der Waals surface area contributed by atoms with Gasteiger partial charge in [0.1, 0.15) is 0 Å². The fraction of sp³-hybridized carbons (Fsp3) is 0.273. The number of para-hydroxylation sites is 1. The lowest BCUT2D eigenvalue weighted by Gasteiger charge is -2.33. The van der Waals surface area contributed by atoms with Gasteiger partial charge < -0.3 is 10.2 Å². The molecule has 8 heteroatoms. The van der Waals surface area contributed by atoms with E-state index in [0.29, 0.717) is 35.8 Å². The molecule has 30 heavy (non-hydrogen) atoms. The smallest absolute Gasteiger partial charge is 0.256 e. The summed E-state index contributed by atoms with van der Waals surface area (Å²) in [7, 11) is 0. The van der Waals surface area contributed by atoms with E-state index in [-0.39, 0.29) is 17.7 Å². The number of carbonyl (C=O) groups excluding carboxylic acids is 2. The standard InChI is InChI=1S/C22H22ClN5O2/c23-19-14-24-10-8-17(19)21(29)25-13-16-5-3-11-27(15-16)22(30)18-6-1-2-7-20(18)28-12-4-9-26-28/h1-2,4,6-10,12,14,16H,3,5,11,13,15H2,(H,25,29)/t16-/m1/s1. The van der Waals surface area contributed by atoms with Crippen LogP contribution in [0.15, 0.2) is 61.2 Å². The van der Waals surface area contributed by atoms with Crippen LogP contribution in [0.2, 0.25) is 5.02 Å². The number of carbonyl (C=O) groups is 2. The van der Waals surface area contributed by atoms with Crippen molar-refractivity contribution in [2.75, 3.05) is 19.6 Å². The van der Waals surface area contributed by atoms with E-state index in [9.17, 15) is 9.59 Å². The topological polar surface area (TPSA) is 80.1 Å². The fourth-order valence-corrected chi connectivity index (χ4v) is 3.95. The largest absolute Gasteiger partial charge is 0.352 e. The molecule has 0 spiro atoms. The van der Waals surface area contributed by atoms with Gasteiger partial charge in [0, 0.05) is 44.4 Å². The Morgan fingerprint density at radius 1 is 1.13 bits per heavy atom. The van der Waals surface area contributed by atoms with Gasteiger partial charge in [-0.05, 0) is 43.0 Å². The van der Waals surface area contributed by atoms with Crippen LogP contribution in [0, 0.1) is 5.92 Å². The molecule has 1 aliphatic heterocycles. The molecule has 7 nitrogen and oxygen atoms in total. The average molecular weight is 424 g/mol. The molecular formula is C22H22ClN5O2. The highest BCUT2D eigenvalue weighted by molar-refractivity contribution is 6.33. The van der Waals surface area contributed by atoms with E-state index in [1.807, 2.05) is 41.4 Å². The Hall–Kier alpha value is -3.19. The Labute approximate surface area is 179 Å². The third-order valence-electron chi connectivity index (χ3n) is 5.26. The highest BCUT2D eigenvalue weighted by atomic mass is 35.5. The van der Waals surface area contributed by atoms with Crippen LogP contribution in [0.3, 0.4) is 0 Å². The number of rotatable bonds is 5. The van der Waals surface area contributed by atoms with Crippen LogP contribution in [0.4, 0.5) is 0 Å². The third-order valence-corrected chi connectivity index (χ3v) is 5.56. The minimum Gasteiger partial charge on any atom is -0.352 e. The van der Waals surface area contributed by atoms with Crippen molar-refractivity contribution in [3.05, 3.63) is 77.3 Å². The molecule has 3 heterocycles. The lowest BCUT2D eigenvalue weighted by molar-refractivity contribution is 0.0670. The van der Waals surface area contributed by atoms with Crippen LogP contribution in [-0.4, -0.2) is 51.1 Å². The Kier molecular flexibility index (Phi) is 6.09. The van der Waals surface area contributed by atoms with Crippen molar-refractivity contribution in [2.45, 2.75) is 12.8 Å². The summed E-state index contributed by atoms with van der Waals surface area (Å²) in [5.41, 5.74) is 1.79. The zero-order chi connectivity index (χ0) is 20.9. The molecule has 0 unspecified atom stereocenters. The number of hydrogen-bond donors (Lipinski definition) is 1. The van der Waals surface area contributed by atoms with Crippen molar-refractivity contribution in [3.63, 3.8) is 0 Å². The quantitative estimate of drug-likeness (QED) is 0.683. The molecular weight excluding hydrogens is 402 g/mol. The van der Waals surface area contributed by atoms with E-state index in [0.717, 1.165) is 18.5 Å². The Balaban J connectivity index is 1.42. The lowest BCUT2D eigenvalue weighted by atomic mass is 9.97. The number of piperidine rings is 1. The zero-order valence-corrected chi connectivity index (χ0v) is 17.1. The minimum absolute atomic E-state index is 0.0192. The predicted octanol–water partition coefficient (Wildman–Crippen LogP) is 3.20. The van der Waals surface area contributed by atoms with Gasteiger partial charge in [0.2, 0.25) is 0 Å². The first-order valence-corrected chi connectivity index (χ1v) is 10.3. The number of benzene rings is 1. The van der Waals surface area contributed by atoms with Gasteiger partial charge in [-0.15, -0.1) is 0 Å². The number of likely N-dealkylation sites (tertiary alicyclic amines) is 1. The fourth-order valence-electron chi connectivity index (χ4n) is 3.74. The van der Waals surface area contributed by atoms with Gasteiger partial charge in [0.05, 0.1) is 21.8 Å². The molecule has 154 valence electrons. The number of pyridine rings is 1. The Morgan fingerprint density at radius 3 is 2.80 bits per heavy atom. The van der Waals surface area contributed by atoms with Gasteiger partial charge in [-0.25, -0.2) is 4.68 Å². The SMILES string of the molecule is O=C(NC[C@H]1CCCN(C(=O)c2ccccc2-n2cccn2)C1)c1ccncc1Cl. The van der Waals surface area contributed by atoms with Crippen molar-refractivity contribution in [3.8, 4) is 5.69 Å². The summed E-state index contributed by atoms with van der Waals surface area (Å²) >= 11 is 6.05. The van der Waals surface area contributed by atoms with Gasteiger partial charge in [0.25, 0.3) is 11.8 Å². The summed E-state index contributed by atoms with van der Waals surface area (Å²) in [6, 6.07) is 10.9. The van der Waals surface area contributed by atoms with E-state index in [1.54, 1.807) is 23.1 Å². The molecule has 2 aromatic heterocycles. The Bertz CT molecular complexity index is 1040. The van der Waals surface area contributed by atoms with Crippen molar-refractivity contribution in [2.24, 2.45) is 5.92 Å². The van der Waals surface area contributed by atoms with Crippen LogP contribution < -0.4 is 5.32 Å². The molecule has 2 amide bonds. The number of hydrogen-bond acceptors (Lipinski definition) is 4. The van der Waals surface area contributed by atoms with Gasteiger partial charge in [-0.3, -0.25) is 14.6 Å². The van der Waals surface area contributed by atoms with E-state index in [4.69, 9.17) is 11.6 Å². The van der Waals surface area contributed by atoms with Gasteiger partial charge in [0.15, 0.2) is 0 Å². The summed E-state index contributed by atoms with van der Waals surface area (Å²) in [5.74, 6) is -0.0617.